The largest absolute Gasteiger partial charge is 0.470 e. The first kappa shape index (κ1) is 17.1. The number of benzene rings is 2. The Morgan fingerprint density at radius 3 is 2.59 bits per heavy atom. The maximum absolute atomic E-state index is 6.63. The van der Waals surface area contributed by atoms with Crippen LogP contribution in [0.1, 0.15) is 35.6 Å². The molecule has 1 atom stereocenters. The predicted octanol–water partition coefficient (Wildman–Crippen LogP) is 4.37. The molecular weight excluding hydrogens is 358 g/mol. The summed E-state index contributed by atoms with van der Waals surface area (Å²) in [5.41, 5.74) is 8.06. The molecule has 0 bridgehead atoms. The molecule has 1 spiro atoms. The number of ether oxygens (including phenoxy) is 1. The molecule has 3 aliphatic rings. The van der Waals surface area contributed by atoms with Gasteiger partial charge in [-0.2, -0.15) is 5.01 Å². The lowest BCUT2D eigenvalue weighted by Crippen LogP contribution is -2.63. The van der Waals surface area contributed by atoms with Gasteiger partial charge in [-0.15, -0.1) is 0 Å². The number of nitrogens with zero attached hydrogens (tertiary/aromatic N) is 2. The number of rotatable bonds is 1. The van der Waals surface area contributed by atoms with Gasteiger partial charge in [0, 0.05) is 36.5 Å². The Balaban J connectivity index is 1.58. The first-order chi connectivity index (χ1) is 13.0. The van der Waals surface area contributed by atoms with Crippen LogP contribution in [0.5, 0.6) is 5.75 Å². The van der Waals surface area contributed by atoms with E-state index in [-0.39, 0.29) is 11.8 Å². The molecule has 5 rings (SSSR count). The number of hydrazine groups is 1. The molecule has 3 aliphatic heterocycles. The number of fused-ring (bicyclic) bond motifs is 4. The van der Waals surface area contributed by atoms with Gasteiger partial charge in [0.1, 0.15) is 5.75 Å². The number of likely N-dealkylation sites (tertiary alicyclic amines) is 1. The maximum atomic E-state index is 6.63. The second-order valence-electron chi connectivity index (χ2n) is 7.91. The van der Waals surface area contributed by atoms with Crippen LogP contribution in [0.15, 0.2) is 48.5 Å². The van der Waals surface area contributed by atoms with Gasteiger partial charge in [0.05, 0.1) is 11.7 Å². The van der Waals surface area contributed by atoms with Crippen LogP contribution in [-0.4, -0.2) is 35.8 Å². The number of piperidine rings is 1. The van der Waals surface area contributed by atoms with Crippen LogP contribution in [0.4, 0.5) is 0 Å². The molecular formula is C22H24ClN3O. The van der Waals surface area contributed by atoms with E-state index in [0.717, 1.165) is 48.0 Å². The minimum Gasteiger partial charge on any atom is -0.470 e. The summed E-state index contributed by atoms with van der Waals surface area (Å²) in [7, 11) is 2.17. The summed E-state index contributed by atoms with van der Waals surface area (Å²) >= 11 is 6.31. The summed E-state index contributed by atoms with van der Waals surface area (Å²) in [6.45, 7) is 4.16. The second-order valence-corrected chi connectivity index (χ2v) is 8.34. The maximum Gasteiger partial charge on any atom is 0.182 e. The van der Waals surface area contributed by atoms with Crippen LogP contribution in [-0.2, 0) is 0 Å². The molecule has 2 aromatic carbocycles. The van der Waals surface area contributed by atoms with Crippen molar-refractivity contribution in [3.8, 4) is 5.75 Å². The average molecular weight is 382 g/mol. The van der Waals surface area contributed by atoms with E-state index < -0.39 is 0 Å². The normalized spacial score (nSPS) is 24.0. The minimum atomic E-state index is -0.332. The molecule has 140 valence electrons. The summed E-state index contributed by atoms with van der Waals surface area (Å²) in [5.74, 6) is 0.952. The fraction of sp³-hybridized carbons (Fsp3) is 0.364. The Labute approximate surface area is 165 Å². The molecule has 1 fully saturated rings. The average Bonchev–Trinajstić information content (AvgIpc) is 3.12. The fourth-order valence-electron chi connectivity index (χ4n) is 4.36. The van der Waals surface area contributed by atoms with E-state index in [4.69, 9.17) is 16.3 Å². The van der Waals surface area contributed by atoms with E-state index in [1.54, 1.807) is 0 Å². The third-order valence-electron chi connectivity index (χ3n) is 6.00. The van der Waals surface area contributed by atoms with Crippen molar-refractivity contribution in [2.75, 3.05) is 20.1 Å². The van der Waals surface area contributed by atoms with Gasteiger partial charge in [-0.25, -0.2) is 0 Å². The van der Waals surface area contributed by atoms with Gasteiger partial charge in [-0.1, -0.05) is 41.4 Å². The van der Waals surface area contributed by atoms with Gasteiger partial charge in [-0.05, 0) is 43.8 Å². The van der Waals surface area contributed by atoms with Crippen molar-refractivity contribution >= 4 is 17.3 Å². The standard InChI is InChI=1S/C22H24ClN3O/c1-15-3-5-16(6-4-15)19-14-20-18-13-17(23)7-8-21(18)27-22(26(20)24-19)9-11-25(2)12-10-22/h3-8,13-14,20,24H,9-12H2,1-2H3/t20-/m0/s1. The molecule has 1 N–H and O–H groups in total. The van der Waals surface area contributed by atoms with Gasteiger partial charge < -0.3 is 15.1 Å². The van der Waals surface area contributed by atoms with Crippen molar-refractivity contribution in [3.63, 3.8) is 0 Å². The number of aryl methyl sites for hydroxylation is 1. The summed E-state index contributed by atoms with van der Waals surface area (Å²) in [6, 6.07) is 14.8. The highest BCUT2D eigenvalue weighted by Gasteiger charge is 2.51. The van der Waals surface area contributed by atoms with Gasteiger partial charge in [0.2, 0.25) is 0 Å². The Hall–Kier alpha value is -2.01. The van der Waals surface area contributed by atoms with E-state index in [0.29, 0.717) is 0 Å². The Bertz CT molecular complexity index is 900. The highest BCUT2D eigenvalue weighted by molar-refractivity contribution is 6.30. The SMILES string of the molecule is Cc1ccc(C2=C[C@H]3c4cc(Cl)ccc4OC4(CCN(C)CC4)N3N2)cc1. The summed E-state index contributed by atoms with van der Waals surface area (Å²) in [4.78, 5) is 2.37. The number of hydrogen-bond acceptors (Lipinski definition) is 4. The second kappa shape index (κ2) is 6.26. The minimum absolute atomic E-state index is 0.118. The molecule has 0 saturated carbocycles. The van der Waals surface area contributed by atoms with E-state index in [2.05, 4.69) is 59.6 Å². The van der Waals surface area contributed by atoms with Gasteiger partial charge in [0.15, 0.2) is 5.72 Å². The molecule has 0 aliphatic carbocycles. The Morgan fingerprint density at radius 2 is 1.85 bits per heavy atom. The zero-order valence-electron chi connectivity index (χ0n) is 15.7. The topological polar surface area (TPSA) is 27.7 Å². The number of nitrogens with one attached hydrogen (secondary N) is 1. The van der Waals surface area contributed by atoms with Crippen molar-refractivity contribution in [3.05, 3.63) is 70.3 Å². The Morgan fingerprint density at radius 1 is 1.11 bits per heavy atom. The zero-order chi connectivity index (χ0) is 18.6. The fourth-order valence-corrected chi connectivity index (χ4v) is 4.54. The van der Waals surface area contributed by atoms with Crippen LogP contribution < -0.4 is 10.2 Å². The van der Waals surface area contributed by atoms with Gasteiger partial charge in [-0.3, -0.25) is 0 Å². The first-order valence-electron chi connectivity index (χ1n) is 9.56. The summed E-state index contributed by atoms with van der Waals surface area (Å²) in [5, 5.41) is 3.06. The molecule has 4 nitrogen and oxygen atoms in total. The molecule has 0 amide bonds. The Kier molecular flexibility index (Phi) is 3.97. The summed E-state index contributed by atoms with van der Waals surface area (Å²) in [6.07, 6.45) is 4.23. The molecule has 0 radical (unpaired) electrons. The zero-order valence-corrected chi connectivity index (χ0v) is 16.5. The van der Waals surface area contributed by atoms with Crippen molar-refractivity contribution in [1.29, 1.82) is 0 Å². The molecule has 1 saturated heterocycles. The quantitative estimate of drug-likeness (QED) is 0.794. The van der Waals surface area contributed by atoms with Gasteiger partial charge in [0.25, 0.3) is 0 Å². The smallest absolute Gasteiger partial charge is 0.182 e. The lowest BCUT2D eigenvalue weighted by Gasteiger charge is -2.51. The molecule has 3 heterocycles. The molecule has 5 heteroatoms. The monoisotopic (exact) mass is 381 g/mol. The highest BCUT2D eigenvalue weighted by atomic mass is 35.5. The lowest BCUT2D eigenvalue weighted by molar-refractivity contribution is -0.157. The molecule has 2 aromatic rings. The van der Waals surface area contributed by atoms with Crippen LogP contribution in [0.3, 0.4) is 0 Å². The summed E-state index contributed by atoms with van der Waals surface area (Å²) < 4.78 is 6.63. The van der Waals surface area contributed by atoms with Crippen LogP contribution in [0, 0.1) is 6.92 Å². The van der Waals surface area contributed by atoms with Crippen LogP contribution in [0.25, 0.3) is 5.70 Å². The van der Waals surface area contributed by atoms with E-state index in [1.807, 2.05) is 18.2 Å². The molecule has 27 heavy (non-hydrogen) atoms. The third-order valence-corrected chi connectivity index (χ3v) is 6.24. The van der Waals surface area contributed by atoms with Crippen molar-refractivity contribution in [2.45, 2.75) is 31.5 Å². The van der Waals surface area contributed by atoms with E-state index >= 15 is 0 Å². The van der Waals surface area contributed by atoms with Crippen molar-refractivity contribution < 1.29 is 4.74 Å². The van der Waals surface area contributed by atoms with Gasteiger partial charge >= 0.3 is 0 Å². The number of hydrogen-bond donors (Lipinski definition) is 1. The third kappa shape index (κ3) is 2.83. The van der Waals surface area contributed by atoms with Crippen molar-refractivity contribution in [1.82, 2.24) is 15.3 Å². The lowest BCUT2D eigenvalue weighted by atomic mass is 9.93. The van der Waals surface area contributed by atoms with Crippen LogP contribution in [0.2, 0.25) is 5.02 Å². The van der Waals surface area contributed by atoms with Crippen molar-refractivity contribution in [2.24, 2.45) is 0 Å². The van der Waals surface area contributed by atoms with E-state index in [9.17, 15) is 0 Å². The highest BCUT2D eigenvalue weighted by Crippen LogP contribution is 2.48. The predicted molar refractivity (Wildman–Crippen MR) is 108 cm³/mol. The number of halogens is 1. The molecule has 0 aromatic heterocycles. The first-order valence-corrected chi connectivity index (χ1v) is 9.94. The van der Waals surface area contributed by atoms with E-state index in [1.165, 1.54) is 11.1 Å². The molecule has 0 unspecified atom stereocenters. The van der Waals surface area contributed by atoms with Crippen LogP contribution >= 0.6 is 11.6 Å².